The molecule has 13 heteroatoms. The molecule has 1 radical (unpaired) electrons. The number of urea groups is 1. The first-order chi connectivity index (χ1) is 11.8. The zero-order chi connectivity index (χ0) is 18.2. The van der Waals surface area contributed by atoms with Gasteiger partial charge in [0.25, 0.3) is 7.41 Å². The molecule has 137 valence electrons. The molecule has 0 aliphatic carbocycles. The van der Waals surface area contributed by atoms with E-state index >= 15 is 0 Å². The summed E-state index contributed by atoms with van der Waals surface area (Å²) < 4.78 is 34.8. The van der Waals surface area contributed by atoms with Crippen molar-refractivity contribution in [3.8, 4) is 0 Å². The maximum absolute atomic E-state index is 12.5. The summed E-state index contributed by atoms with van der Waals surface area (Å²) in [6.07, 6.45) is 2.13. The van der Waals surface area contributed by atoms with E-state index in [4.69, 9.17) is 4.55 Å². The molecule has 3 saturated heterocycles. The molecule has 11 nitrogen and oxygen atoms in total. The molecule has 25 heavy (non-hydrogen) atoms. The number of hydroxylamine groups is 2. The van der Waals surface area contributed by atoms with E-state index < -0.39 is 28.5 Å². The number of piperidine rings is 1. The molecule has 3 heterocycles. The SMILES string of the molecule is O=C[B]N1CC[C@H](NC(=O)[C@@H]2CC[C@@H]3CN2C(=O)N3OS(=O)(=O)O)C1. The van der Waals surface area contributed by atoms with Crippen molar-refractivity contribution in [3.05, 3.63) is 0 Å². The Hall–Kier alpha value is -1.70. The van der Waals surface area contributed by atoms with Gasteiger partial charge in [-0.05, 0) is 25.8 Å². The van der Waals surface area contributed by atoms with Crippen LogP contribution in [0.15, 0.2) is 0 Å². The van der Waals surface area contributed by atoms with E-state index in [0.717, 1.165) is 0 Å². The van der Waals surface area contributed by atoms with E-state index in [1.807, 2.05) is 0 Å². The zero-order valence-electron chi connectivity index (χ0n) is 13.3. The number of nitrogens with one attached hydrogen (secondary N) is 1. The van der Waals surface area contributed by atoms with Gasteiger partial charge in [0.2, 0.25) is 5.91 Å². The maximum atomic E-state index is 12.5. The van der Waals surface area contributed by atoms with E-state index in [1.54, 1.807) is 4.81 Å². The minimum absolute atomic E-state index is 0.121. The van der Waals surface area contributed by atoms with E-state index in [-0.39, 0.29) is 18.5 Å². The largest absolute Gasteiger partial charge is 0.418 e. The van der Waals surface area contributed by atoms with Gasteiger partial charge in [-0.1, -0.05) is 0 Å². The van der Waals surface area contributed by atoms with Crippen molar-refractivity contribution < 1.29 is 31.6 Å². The van der Waals surface area contributed by atoms with Crippen LogP contribution < -0.4 is 5.32 Å². The predicted octanol–water partition coefficient (Wildman–Crippen LogP) is -2.01. The molecular formula is C12H18BN4O7S. The summed E-state index contributed by atoms with van der Waals surface area (Å²) in [6, 6.07) is -2.13. The second kappa shape index (κ2) is 6.90. The number of carbonyl (C=O) groups excluding carboxylic acids is 3. The van der Waals surface area contributed by atoms with Crippen LogP contribution in [0.1, 0.15) is 19.3 Å². The quantitative estimate of drug-likeness (QED) is 0.310. The summed E-state index contributed by atoms with van der Waals surface area (Å²) in [5.41, 5.74) is 0. The summed E-state index contributed by atoms with van der Waals surface area (Å²) in [5, 5.41) is 3.48. The average Bonchev–Trinajstić information content (AvgIpc) is 3.06. The number of fused-ring (bicyclic) bond motifs is 2. The summed E-state index contributed by atoms with van der Waals surface area (Å²) in [4.78, 5) is 38.3. The molecule has 3 amide bonds. The molecular weight excluding hydrogens is 355 g/mol. The van der Waals surface area contributed by atoms with Gasteiger partial charge >= 0.3 is 16.4 Å². The molecule has 3 aliphatic rings. The first-order valence-corrected chi connectivity index (χ1v) is 9.25. The third-order valence-electron chi connectivity index (χ3n) is 4.64. The first kappa shape index (κ1) is 18.1. The molecule has 2 N–H and O–H groups in total. The Kier molecular flexibility index (Phi) is 5.00. The van der Waals surface area contributed by atoms with Crippen molar-refractivity contribution in [2.75, 3.05) is 19.6 Å². The van der Waals surface area contributed by atoms with E-state index in [2.05, 4.69) is 9.60 Å². The molecule has 2 bridgehead atoms. The van der Waals surface area contributed by atoms with Gasteiger partial charge in [0.1, 0.15) is 6.04 Å². The monoisotopic (exact) mass is 373 g/mol. The van der Waals surface area contributed by atoms with Crippen molar-refractivity contribution in [1.29, 1.82) is 0 Å². The van der Waals surface area contributed by atoms with Crippen LogP contribution in [0.4, 0.5) is 4.79 Å². The fraction of sp³-hybridized carbons (Fsp3) is 0.750. The van der Waals surface area contributed by atoms with Crippen LogP contribution >= 0.6 is 0 Å². The fourth-order valence-corrected chi connectivity index (χ4v) is 3.92. The third kappa shape index (κ3) is 3.94. The second-order valence-corrected chi connectivity index (χ2v) is 7.29. The Bertz CT molecular complexity index is 674. The second-order valence-electron chi connectivity index (χ2n) is 6.28. The number of hydrogen-bond acceptors (Lipinski definition) is 7. The highest BCUT2D eigenvalue weighted by Gasteiger charge is 2.49. The molecule has 3 aliphatic heterocycles. The molecule has 0 spiro atoms. The van der Waals surface area contributed by atoms with Gasteiger partial charge in [-0.15, -0.1) is 4.28 Å². The molecule has 0 aromatic heterocycles. The van der Waals surface area contributed by atoms with E-state index in [1.165, 1.54) is 12.3 Å². The Morgan fingerprint density at radius 2 is 2.08 bits per heavy atom. The Balaban J connectivity index is 1.60. The zero-order valence-corrected chi connectivity index (χ0v) is 14.1. The lowest BCUT2D eigenvalue weighted by molar-refractivity contribution is -0.126. The van der Waals surface area contributed by atoms with Gasteiger partial charge in [-0.3, -0.25) is 9.35 Å². The Labute approximate surface area is 145 Å². The van der Waals surface area contributed by atoms with Crippen LogP contribution in [0.5, 0.6) is 0 Å². The molecule has 3 fully saturated rings. The van der Waals surface area contributed by atoms with Crippen LogP contribution in [-0.2, 0) is 24.3 Å². The van der Waals surface area contributed by atoms with Crippen LogP contribution in [-0.4, -0.2) is 91.0 Å². The smallest absolute Gasteiger partial charge is 0.350 e. The van der Waals surface area contributed by atoms with Gasteiger partial charge in [-0.25, -0.2) is 4.79 Å². The van der Waals surface area contributed by atoms with E-state index in [0.29, 0.717) is 43.6 Å². The molecule has 0 saturated carbocycles. The first-order valence-electron chi connectivity index (χ1n) is 7.88. The Morgan fingerprint density at radius 1 is 1.32 bits per heavy atom. The van der Waals surface area contributed by atoms with Gasteiger partial charge in [-0.2, -0.15) is 13.5 Å². The summed E-state index contributed by atoms with van der Waals surface area (Å²) in [5.74, 6) is -0.321. The van der Waals surface area contributed by atoms with E-state index in [9.17, 15) is 22.8 Å². The van der Waals surface area contributed by atoms with Crippen LogP contribution in [0, 0.1) is 0 Å². The highest BCUT2D eigenvalue weighted by atomic mass is 32.3. The molecule has 0 aromatic rings. The standard InChI is InChI=1S/C12H18BN4O7S/c18-7-13-15-4-3-8(5-15)14-11(19)10-2-1-9-6-16(10)12(20)17(9)24-25(21,22)23/h7-10H,1-6H2,(H,14,19)(H,21,22,23)/t8-,9+,10-/m0/s1. The predicted molar refractivity (Wildman–Crippen MR) is 84.0 cm³/mol. The van der Waals surface area contributed by atoms with Crippen LogP contribution in [0.3, 0.4) is 0 Å². The van der Waals surface area contributed by atoms with Crippen molar-refractivity contribution >= 4 is 35.9 Å². The number of hydrogen-bond donors (Lipinski definition) is 2. The van der Waals surface area contributed by atoms with Gasteiger partial charge in [0.15, 0.2) is 0 Å². The summed E-state index contributed by atoms with van der Waals surface area (Å²) in [7, 11) is -3.38. The summed E-state index contributed by atoms with van der Waals surface area (Å²) in [6.45, 7) is 1.34. The van der Waals surface area contributed by atoms with Crippen molar-refractivity contribution in [2.45, 2.75) is 37.4 Å². The maximum Gasteiger partial charge on any atom is 0.418 e. The fourth-order valence-electron chi connectivity index (χ4n) is 3.53. The number of rotatable bonds is 6. The van der Waals surface area contributed by atoms with Crippen molar-refractivity contribution in [3.63, 3.8) is 0 Å². The van der Waals surface area contributed by atoms with Crippen molar-refractivity contribution in [2.24, 2.45) is 0 Å². The van der Waals surface area contributed by atoms with Gasteiger partial charge in [0.05, 0.1) is 12.2 Å². The van der Waals surface area contributed by atoms with Crippen LogP contribution in [0.2, 0.25) is 0 Å². The highest BCUT2D eigenvalue weighted by molar-refractivity contribution is 7.80. The molecule has 0 unspecified atom stereocenters. The minimum Gasteiger partial charge on any atom is -0.350 e. The normalized spacial score (nSPS) is 29.8. The average molecular weight is 373 g/mol. The third-order valence-corrected chi connectivity index (χ3v) is 4.99. The number of carbonyl (C=O) groups is 3. The topological polar surface area (TPSA) is 137 Å². The van der Waals surface area contributed by atoms with Crippen molar-refractivity contribution in [1.82, 2.24) is 20.1 Å². The summed E-state index contributed by atoms with van der Waals surface area (Å²) >= 11 is 0. The van der Waals surface area contributed by atoms with Gasteiger partial charge in [0, 0.05) is 19.1 Å². The number of amides is 3. The lowest BCUT2D eigenvalue weighted by atomic mass is 9.96. The molecule has 3 atom stereocenters. The number of nitrogens with zero attached hydrogens (tertiary/aromatic N) is 3. The highest BCUT2D eigenvalue weighted by Crippen LogP contribution is 2.30. The lowest BCUT2D eigenvalue weighted by Gasteiger charge is -2.30. The Morgan fingerprint density at radius 3 is 2.76 bits per heavy atom. The minimum atomic E-state index is -4.81. The van der Waals surface area contributed by atoms with Crippen LogP contribution in [0.25, 0.3) is 0 Å². The molecule has 0 aromatic carbocycles. The molecule has 3 rings (SSSR count). The lowest BCUT2D eigenvalue weighted by Crippen LogP contribution is -2.52. The van der Waals surface area contributed by atoms with Gasteiger partial charge < -0.3 is 19.8 Å².